The standard InChI is InChI=1S/C16H18N2O2S2/c1-3-12-11-7-9-21-13(11)6-8-18(12)16(20)14-4-5-15(22-14)17-10(2)19/h4-5,7,9,12H,3,6,8H2,1-2H3,(H,17,19)/t12-/m1/s1. The number of nitrogens with one attached hydrogen (secondary N) is 1. The lowest BCUT2D eigenvalue weighted by atomic mass is 9.97. The lowest BCUT2D eigenvalue weighted by molar-refractivity contribution is -0.114. The molecular weight excluding hydrogens is 316 g/mol. The zero-order chi connectivity index (χ0) is 15.7. The second-order valence-corrected chi connectivity index (χ2v) is 7.40. The summed E-state index contributed by atoms with van der Waals surface area (Å²) in [5, 5.41) is 5.56. The maximum Gasteiger partial charge on any atom is 0.264 e. The van der Waals surface area contributed by atoms with E-state index in [0.29, 0.717) is 4.88 Å². The van der Waals surface area contributed by atoms with Gasteiger partial charge in [0.2, 0.25) is 5.91 Å². The topological polar surface area (TPSA) is 49.4 Å². The monoisotopic (exact) mass is 334 g/mol. The first-order chi connectivity index (χ1) is 10.6. The van der Waals surface area contributed by atoms with Crippen LogP contribution in [-0.2, 0) is 11.2 Å². The highest BCUT2D eigenvalue weighted by atomic mass is 32.1. The molecule has 3 heterocycles. The van der Waals surface area contributed by atoms with Crippen LogP contribution in [0.5, 0.6) is 0 Å². The third-order valence-corrected chi connectivity index (χ3v) is 5.84. The smallest absolute Gasteiger partial charge is 0.264 e. The van der Waals surface area contributed by atoms with Crippen molar-refractivity contribution in [2.45, 2.75) is 32.7 Å². The maximum atomic E-state index is 12.8. The molecule has 0 bridgehead atoms. The zero-order valence-corrected chi connectivity index (χ0v) is 14.2. The van der Waals surface area contributed by atoms with Gasteiger partial charge >= 0.3 is 0 Å². The van der Waals surface area contributed by atoms with E-state index in [1.807, 2.05) is 4.90 Å². The fourth-order valence-electron chi connectivity index (χ4n) is 2.91. The van der Waals surface area contributed by atoms with Gasteiger partial charge in [0.15, 0.2) is 0 Å². The molecule has 0 saturated carbocycles. The second kappa shape index (κ2) is 6.22. The Morgan fingerprint density at radius 3 is 2.91 bits per heavy atom. The van der Waals surface area contributed by atoms with E-state index in [0.717, 1.165) is 24.4 Å². The van der Waals surface area contributed by atoms with Gasteiger partial charge in [0.1, 0.15) is 0 Å². The van der Waals surface area contributed by atoms with Gasteiger partial charge in [0.25, 0.3) is 5.91 Å². The Bertz CT molecular complexity index is 705. The van der Waals surface area contributed by atoms with Crippen molar-refractivity contribution in [3.8, 4) is 0 Å². The molecule has 116 valence electrons. The van der Waals surface area contributed by atoms with Crippen molar-refractivity contribution < 1.29 is 9.59 Å². The summed E-state index contributed by atoms with van der Waals surface area (Å²) in [5.41, 5.74) is 1.30. The lowest BCUT2D eigenvalue weighted by Crippen LogP contribution is -2.38. The highest BCUT2D eigenvalue weighted by molar-refractivity contribution is 7.18. The van der Waals surface area contributed by atoms with Crippen molar-refractivity contribution in [3.63, 3.8) is 0 Å². The molecule has 1 N–H and O–H groups in total. The van der Waals surface area contributed by atoms with Crippen LogP contribution in [0.3, 0.4) is 0 Å². The fourth-order valence-corrected chi connectivity index (χ4v) is 4.75. The molecule has 0 aromatic carbocycles. The van der Waals surface area contributed by atoms with Crippen LogP contribution in [0, 0.1) is 0 Å². The number of hydrogen-bond donors (Lipinski definition) is 1. The van der Waals surface area contributed by atoms with Crippen LogP contribution in [0.2, 0.25) is 0 Å². The van der Waals surface area contributed by atoms with Crippen LogP contribution >= 0.6 is 22.7 Å². The van der Waals surface area contributed by atoms with Crippen LogP contribution in [-0.4, -0.2) is 23.3 Å². The van der Waals surface area contributed by atoms with Gasteiger partial charge in [-0.05, 0) is 42.0 Å². The molecule has 6 heteroatoms. The van der Waals surface area contributed by atoms with Crippen LogP contribution in [0.1, 0.15) is 46.4 Å². The second-order valence-electron chi connectivity index (χ2n) is 5.32. The number of hydrogen-bond acceptors (Lipinski definition) is 4. The van der Waals surface area contributed by atoms with E-state index in [1.54, 1.807) is 23.5 Å². The Labute approximate surface area is 137 Å². The Balaban J connectivity index is 1.83. The Morgan fingerprint density at radius 1 is 1.36 bits per heavy atom. The van der Waals surface area contributed by atoms with Gasteiger partial charge < -0.3 is 10.2 Å². The van der Waals surface area contributed by atoms with Gasteiger partial charge in [-0.3, -0.25) is 9.59 Å². The van der Waals surface area contributed by atoms with Gasteiger partial charge in [0.05, 0.1) is 15.9 Å². The molecule has 1 atom stereocenters. The number of fused-ring (bicyclic) bond motifs is 1. The number of anilines is 1. The predicted octanol–water partition coefficient (Wildman–Crippen LogP) is 3.92. The molecule has 22 heavy (non-hydrogen) atoms. The molecule has 4 nitrogen and oxygen atoms in total. The summed E-state index contributed by atoms with van der Waals surface area (Å²) < 4.78 is 0. The molecule has 3 rings (SSSR count). The van der Waals surface area contributed by atoms with Crippen LogP contribution in [0.25, 0.3) is 0 Å². The molecule has 0 fully saturated rings. The summed E-state index contributed by atoms with van der Waals surface area (Å²) in [6.07, 6.45) is 1.85. The molecule has 1 aliphatic rings. The number of carbonyl (C=O) groups excluding carboxylic acids is 2. The van der Waals surface area contributed by atoms with E-state index in [2.05, 4.69) is 23.7 Å². The Kier molecular flexibility index (Phi) is 4.31. The van der Waals surface area contributed by atoms with E-state index in [4.69, 9.17) is 0 Å². The van der Waals surface area contributed by atoms with Crippen molar-refractivity contribution in [3.05, 3.63) is 38.9 Å². The average molecular weight is 334 g/mol. The quantitative estimate of drug-likeness (QED) is 0.925. The zero-order valence-electron chi connectivity index (χ0n) is 12.6. The first kappa shape index (κ1) is 15.2. The van der Waals surface area contributed by atoms with E-state index in [9.17, 15) is 9.59 Å². The minimum Gasteiger partial charge on any atom is -0.331 e. The van der Waals surface area contributed by atoms with Gasteiger partial charge in [-0.25, -0.2) is 0 Å². The minimum atomic E-state index is -0.117. The summed E-state index contributed by atoms with van der Waals surface area (Å²) >= 11 is 3.12. The molecule has 0 spiro atoms. The van der Waals surface area contributed by atoms with Crippen LogP contribution in [0.15, 0.2) is 23.6 Å². The van der Waals surface area contributed by atoms with E-state index >= 15 is 0 Å². The van der Waals surface area contributed by atoms with E-state index in [1.165, 1.54) is 28.7 Å². The van der Waals surface area contributed by atoms with Crippen LogP contribution in [0.4, 0.5) is 5.00 Å². The third-order valence-electron chi connectivity index (χ3n) is 3.86. The normalized spacial score (nSPS) is 17.2. The summed E-state index contributed by atoms with van der Waals surface area (Å²) in [6, 6.07) is 5.90. The molecule has 2 aromatic heterocycles. The maximum absolute atomic E-state index is 12.8. The molecule has 0 saturated heterocycles. The number of carbonyl (C=O) groups is 2. The van der Waals surface area contributed by atoms with Gasteiger partial charge in [0, 0.05) is 18.3 Å². The number of thiophene rings is 2. The van der Waals surface area contributed by atoms with Crippen molar-refractivity contribution in [1.29, 1.82) is 0 Å². The number of nitrogens with zero attached hydrogens (tertiary/aromatic N) is 1. The van der Waals surface area contributed by atoms with Gasteiger partial charge in [-0.15, -0.1) is 22.7 Å². The van der Waals surface area contributed by atoms with E-state index < -0.39 is 0 Å². The van der Waals surface area contributed by atoms with E-state index in [-0.39, 0.29) is 17.9 Å². The third kappa shape index (κ3) is 2.80. The van der Waals surface area contributed by atoms with Gasteiger partial charge in [-0.2, -0.15) is 0 Å². The summed E-state index contributed by atoms with van der Waals surface area (Å²) in [4.78, 5) is 28.0. The largest absolute Gasteiger partial charge is 0.331 e. The average Bonchev–Trinajstić information content (AvgIpc) is 3.13. The Hall–Kier alpha value is -1.66. The number of rotatable bonds is 3. The molecule has 0 aliphatic carbocycles. The SMILES string of the molecule is CC[C@@H]1c2ccsc2CCN1C(=O)c1ccc(NC(C)=O)s1. The molecule has 2 aromatic rings. The first-order valence-corrected chi connectivity index (χ1v) is 9.04. The minimum absolute atomic E-state index is 0.0605. The summed E-state index contributed by atoms with van der Waals surface area (Å²) in [5.74, 6) is -0.0570. The Morgan fingerprint density at radius 2 is 2.18 bits per heavy atom. The van der Waals surface area contributed by atoms with Gasteiger partial charge in [-0.1, -0.05) is 6.92 Å². The molecule has 0 unspecified atom stereocenters. The highest BCUT2D eigenvalue weighted by Gasteiger charge is 2.31. The van der Waals surface area contributed by atoms with Crippen LogP contribution < -0.4 is 5.32 Å². The molecule has 0 radical (unpaired) electrons. The van der Waals surface area contributed by atoms with Crippen molar-refractivity contribution >= 4 is 39.5 Å². The molecule has 1 aliphatic heterocycles. The summed E-state index contributed by atoms with van der Waals surface area (Å²) in [7, 11) is 0. The summed E-state index contributed by atoms with van der Waals surface area (Å²) in [6.45, 7) is 4.35. The van der Waals surface area contributed by atoms with Crippen molar-refractivity contribution in [2.75, 3.05) is 11.9 Å². The molecular formula is C16H18N2O2S2. The lowest BCUT2D eigenvalue weighted by Gasteiger charge is -2.35. The van der Waals surface area contributed by atoms with Crippen molar-refractivity contribution in [1.82, 2.24) is 4.90 Å². The highest BCUT2D eigenvalue weighted by Crippen LogP contribution is 2.37. The van der Waals surface area contributed by atoms with Crippen molar-refractivity contribution in [2.24, 2.45) is 0 Å². The number of amides is 2. The first-order valence-electron chi connectivity index (χ1n) is 7.34. The predicted molar refractivity (Wildman–Crippen MR) is 90.7 cm³/mol. The fraction of sp³-hybridized carbons (Fsp3) is 0.375. The molecule has 2 amide bonds.